The fraction of sp³-hybridized carbons (Fsp3) is 0.818. The van der Waals surface area contributed by atoms with E-state index in [0.717, 1.165) is 19.3 Å². The SMILES string of the molecule is CCC(CC(=O)O)OC.CCCCC(=O)O. The van der Waals surface area contributed by atoms with E-state index < -0.39 is 11.9 Å². The number of carboxylic acid groups (broad SMARTS) is 2. The molecule has 0 fully saturated rings. The molecule has 2 N–H and O–H groups in total. The highest BCUT2D eigenvalue weighted by molar-refractivity contribution is 5.67. The molecule has 5 nitrogen and oxygen atoms in total. The van der Waals surface area contributed by atoms with Crippen molar-refractivity contribution in [2.75, 3.05) is 7.11 Å². The molecule has 16 heavy (non-hydrogen) atoms. The Hall–Kier alpha value is -1.10. The van der Waals surface area contributed by atoms with Crippen LogP contribution in [-0.2, 0) is 14.3 Å². The van der Waals surface area contributed by atoms with E-state index in [2.05, 4.69) is 0 Å². The van der Waals surface area contributed by atoms with Crippen LogP contribution < -0.4 is 0 Å². The normalized spacial score (nSPS) is 11.2. The molecule has 0 rings (SSSR count). The molecule has 96 valence electrons. The van der Waals surface area contributed by atoms with Crippen molar-refractivity contribution < 1.29 is 24.5 Å². The minimum absolute atomic E-state index is 0.104. The Morgan fingerprint density at radius 1 is 1.19 bits per heavy atom. The summed E-state index contributed by atoms with van der Waals surface area (Å²) in [6.07, 6.45) is 2.82. The smallest absolute Gasteiger partial charge is 0.305 e. The first-order valence-corrected chi connectivity index (χ1v) is 5.44. The Labute approximate surface area is 96.4 Å². The maximum Gasteiger partial charge on any atom is 0.305 e. The average Bonchev–Trinajstić information content (AvgIpc) is 2.23. The molecule has 0 aromatic heterocycles. The second kappa shape index (κ2) is 12.0. The van der Waals surface area contributed by atoms with E-state index in [4.69, 9.17) is 14.9 Å². The van der Waals surface area contributed by atoms with Gasteiger partial charge in [0, 0.05) is 13.5 Å². The van der Waals surface area contributed by atoms with Crippen LogP contribution in [-0.4, -0.2) is 35.4 Å². The summed E-state index contributed by atoms with van der Waals surface area (Å²) in [4.78, 5) is 19.8. The molecule has 0 radical (unpaired) electrons. The monoisotopic (exact) mass is 234 g/mol. The zero-order valence-corrected chi connectivity index (χ0v) is 10.2. The van der Waals surface area contributed by atoms with E-state index in [0.29, 0.717) is 6.42 Å². The molecule has 0 amide bonds. The van der Waals surface area contributed by atoms with E-state index in [1.807, 2.05) is 13.8 Å². The standard InChI is InChI=1S/C6H12O3.C5H10O2/c1-3-5(9-2)4-6(7)8;1-2-3-4-5(6)7/h5H,3-4H2,1-2H3,(H,7,8);2-4H2,1H3,(H,6,7). The van der Waals surface area contributed by atoms with Gasteiger partial charge in [-0.3, -0.25) is 9.59 Å². The van der Waals surface area contributed by atoms with E-state index in [-0.39, 0.29) is 12.5 Å². The number of methoxy groups -OCH3 is 1. The molecule has 0 aliphatic carbocycles. The zero-order chi connectivity index (χ0) is 13.0. The summed E-state index contributed by atoms with van der Waals surface area (Å²) in [6, 6.07) is 0. The Morgan fingerprint density at radius 3 is 1.88 bits per heavy atom. The van der Waals surface area contributed by atoms with Gasteiger partial charge < -0.3 is 14.9 Å². The van der Waals surface area contributed by atoms with Crippen molar-refractivity contribution in [3.05, 3.63) is 0 Å². The maximum atomic E-state index is 10.0. The molecule has 0 aliphatic rings. The fourth-order valence-corrected chi connectivity index (χ4v) is 0.917. The summed E-state index contributed by atoms with van der Waals surface area (Å²) in [5.74, 6) is -1.49. The lowest BCUT2D eigenvalue weighted by molar-refractivity contribution is -0.140. The Morgan fingerprint density at radius 2 is 1.75 bits per heavy atom. The van der Waals surface area contributed by atoms with Gasteiger partial charge >= 0.3 is 11.9 Å². The highest BCUT2D eigenvalue weighted by atomic mass is 16.5. The van der Waals surface area contributed by atoms with Crippen molar-refractivity contribution in [3.8, 4) is 0 Å². The van der Waals surface area contributed by atoms with Crippen LogP contribution in [0.25, 0.3) is 0 Å². The Balaban J connectivity index is 0. The van der Waals surface area contributed by atoms with Gasteiger partial charge in [0.25, 0.3) is 0 Å². The summed E-state index contributed by atoms with van der Waals surface area (Å²) in [7, 11) is 1.52. The highest BCUT2D eigenvalue weighted by Gasteiger charge is 2.08. The minimum Gasteiger partial charge on any atom is -0.481 e. The van der Waals surface area contributed by atoms with E-state index >= 15 is 0 Å². The summed E-state index contributed by atoms with van der Waals surface area (Å²) in [5, 5.41) is 16.3. The summed E-state index contributed by atoms with van der Waals surface area (Å²) < 4.78 is 4.83. The van der Waals surface area contributed by atoms with Crippen molar-refractivity contribution in [2.45, 2.75) is 52.1 Å². The van der Waals surface area contributed by atoms with Crippen LogP contribution in [0.2, 0.25) is 0 Å². The third-order valence-electron chi connectivity index (χ3n) is 1.94. The predicted molar refractivity (Wildman–Crippen MR) is 60.5 cm³/mol. The molecule has 0 bridgehead atoms. The topological polar surface area (TPSA) is 83.8 Å². The quantitative estimate of drug-likeness (QED) is 0.705. The van der Waals surface area contributed by atoms with Gasteiger partial charge in [0.15, 0.2) is 0 Å². The van der Waals surface area contributed by atoms with Crippen LogP contribution in [0.15, 0.2) is 0 Å². The van der Waals surface area contributed by atoms with Crippen LogP contribution in [0.1, 0.15) is 46.0 Å². The van der Waals surface area contributed by atoms with Crippen molar-refractivity contribution in [1.29, 1.82) is 0 Å². The molecule has 5 heteroatoms. The molecule has 1 unspecified atom stereocenters. The van der Waals surface area contributed by atoms with Gasteiger partial charge in [-0.05, 0) is 12.8 Å². The lowest BCUT2D eigenvalue weighted by Gasteiger charge is -2.07. The van der Waals surface area contributed by atoms with Gasteiger partial charge in [0.1, 0.15) is 0 Å². The summed E-state index contributed by atoms with van der Waals surface area (Å²) in [5.41, 5.74) is 0. The first-order chi connectivity index (χ1) is 7.47. The van der Waals surface area contributed by atoms with Crippen molar-refractivity contribution in [1.82, 2.24) is 0 Å². The molecule has 0 saturated heterocycles. The Bertz CT molecular complexity index is 187. The zero-order valence-electron chi connectivity index (χ0n) is 10.2. The second-order valence-electron chi connectivity index (χ2n) is 3.36. The Kier molecular flexibility index (Phi) is 12.9. The van der Waals surface area contributed by atoms with Crippen molar-refractivity contribution >= 4 is 11.9 Å². The van der Waals surface area contributed by atoms with Crippen LogP contribution in [0.5, 0.6) is 0 Å². The van der Waals surface area contributed by atoms with Gasteiger partial charge in [-0.1, -0.05) is 20.3 Å². The largest absolute Gasteiger partial charge is 0.481 e. The number of carboxylic acids is 2. The van der Waals surface area contributed by atoms with Gasteiger partial charge in [-0.2, -0.15) is 0 Å². The van der Waals surface area contributed by atoms with Crippen molar-refractivity contribution in [3.63, 3.8) is 0 Å². The van der Waals surface area contributed by atoms with E-state index in [1.54, 1.807) is 0 Å². The third-order valence-corrected chi connectivity index (χ3v) is 1.94. The maximum absolute atomic E-state index is 10.0. The second-order valence-corrected chi connectivity index (χ2v) is 3.36. The highest BCUT2D eigenvalue weighted by Crippen LogP contribution is 2.00. The number of carbonyl (C=O) groups is 2. The molecule has 0 aromatic rings. The predicted octanol–water partition coefficient (Wildman–Crippen LogP) is 2.15. The summed E-state index contributed by atoms with van der Waals surface area (Å²) >= 11 is 0. The minimum atomic E-state index is -0.802. The van der Waals surface area contributed by atoms with Crippen LogP contribution in [0.4, 0.5) is 0 Å². The average molecular weight is 234 g/mol. The molecule has 0 saturated carbocycles. The van der Waals surface area contributed by atoms with Gasteiger partial charge in [0.2, 0.25) is 0 Å². The third kappa shape index (κ3) is 15.4. The van der Waals surface area contributed by atoms with Crippen LogP contribution >= 0.6 is 0 Å². The van der Waals surface area contributed by atoms with Gasteiger partial charge in [-0.25, -0.2) is 0 Å². The number of aliphatic carboxylic acids is 2. The number of rotatable bonds is 7. The molecule has 0 heterocycles. The van der Waals surface area contributed by atoms with Gasteiger partial charge in [-0.15, -0.1) is 0 Å². The first kappa shape index (κ1) is 17.3. The number of unbranched alkanes of at least 4 members (excludes halogenated alkanes) is 1. The first-order valence-electron chi connectivity index (χ1n) is 5.44. The number of hydrogen-bond donors (Lipinski definition) is 2. The molecule has 0 aromatic carbocycles. The molecule has 0 aliphatic heterocycles. The van der Waals surface area contributed by atoms with E-state index in [1.165, 1.54) is 7.11 Å². The fourth-order valence-electron chi connectivity index (χ4n) is 0.917. The number of ether oxygens (including phenoxy) is 1. The van der Waals surface area contributed by atoms with E-state index in [9.17, 15) is 9.59 Å². The lowest BCUT2D eigenvalue weighted by Crippen LogP contribution is -2.14. The molecule has 1 atom stereocenters. The van der Waals surface area contributed by atoms with Crippen LogP contribution in [0.3, 0.4) is 0 Å². The van der Waals surface area contributed by atoms with Crippen LogP contribution in [0, 0.1) is 0 Å². The molecule has 0 spiro atoms. The lowest BCUT2D eigenvalue weighted by atomic mass is 10.2. The van der Waals surface area contributed by atoms with Gasteiger partial charge in [0.05, 0.1) is 12.5 Å². The summed E-state index contributed by atoms with van der Waals surface area (Å²) in [6.45, 7) is 3.88. The van der Waals surface area contributed by atoms with Crippen molar-refractivity contribution in [2.24, 2.45) is 0 Å². The molecular formula is C11H22O5. The molecular weight excluding hydrogens is 212 g/mol. The number of hydrogen-bond acceptors (Lipinski definition) is 3.